The van der Waals surface area contributed by atoms with Crippen LogP contribution in [-0.2, 0) is 4.79 Å². The third-order valence-corrected chi connectivity index (χ3v) is 7.20. The number of nitrogens with zero attached hydrogens (tertiary/aromatic N) is 6. The monoisotopic (exact) mass is 592 g/mol. The molecule has 0 fully saturated rings. The van der Waals surface area contributed by atoms with Gasteiger partial charge in [0, 0.05) is 48.7 Å². The first-order valence-electron chi connectivity index (χ1n) is 14.5. The summed E-state index contributed by atoms with van der Waals surface area (Å²) >= 11 is 0. The number of benzene rings is 1. The Labute approximate surface area is 253 Å². The van der Waals surface area contributed by atoms with E-state index in [-0.39, 0.29) is 11.7 Å². The number of halogens is 1. The molecule has 0 aliphatic carbocycles. The lowest BCUT2D eigenvalue weighted by Crippen LogP contribution is -2.20. The number of aromatic amines is 2. The zero-order chi connectivity index (χ0) is 30.6. The minimum absolute atomic E-state index is 0.0415. The number of imidazole rings is 1. The van der Waals surface area contributed by atoms with E-state index in [4.69, 9.17) is 9.97 Å². The first kappa shape index (κ1) is 28.9. The number of hydrogen-bond donors (Lipinski definition) is 4. The SMILES string of the molecule is CCCCC(=O)Nc1cncc(-c2ccc3[nH]nc(-c4nc5c(-c6cc(F)cc(NCCN(C)C)c6)cncc5[nH]4)c3n2)c1. The van der Waals surface area contributed by atoms with Crippen LogP contribution in [0.3, 0.4) is 0 Å². The van der Waals surface area contributed by atoms with Crippen LogP contribution in [0.5, 0.6) is 0 Å². The third kappa shape index (κ3) is 6.25. The fourth-order valence-corrected chi connectivity index (χ4v) is 4.96. The minimum atomic E-state index is -0.350. The van der Waals surface area contributed by atoms with Crippen LogP contribution in [0.25, 0.3) is 56.0 Å². The Morgan fingerprint density at radius 3 is 2.61 bits per heavy atom. The van der Waals surface area contributed by atoms with E-state index in [0.29, 0.717) is 69.2 Å². The third-order valence-electron chi connectivity index (χ3n) is 7.20. The Bertz CT molecular complexity index is 1950. The Morgan fingerprint density at radius 1 is 0.932 bits per heavy atom. The van der Waals surface area contributed by atoms with E-state index in [1.165, 1.54) is 12.1 Å². The molecule has 1 amide bonds. The summed E-state index contributed by atoms with van der Waals surface area (Å²) in [5.74, 6) is 0.109. The number of anilines is 2. The van der Waals surface area contributed by atoms with Gasteiger partial charge in [-0.05, 0) is 62.5 Å². The normalized spacial score (nSPS) is 11.5. The first-order chi connectivity index (χ1) is 21.4. The zero-order valence-corrected chi connectivity index (χ0v) is 24.8. The van der Waals surface area contributed by atoms with E-state index in [1.807, 2.05) is 38.4 Å². The van der Waals surface area contributed by atoms with Crippen LogP contribution in [0.1, 0.15) is 26.2 Å². The van der Waals surface area contributed by atoms with Crippen LogP contribution in [-0.4, -0.2) is 73.1 Å². The van der Waals surface area contributed by atoms with Crippen molar-refractivity contribution in [2.75, 3.05) is 37.8 Å². The molecule has 11 nitrogen and oxygen atoms in total. The number of carbonyl (C=O) groups excluding carboxylic acids is 1. The fourth-order valence-electron chi connectivity index (χ4n) is 4.96. The number of nitrogens with one attached hydrogen (secondary N) is 4. The van der Waals surface area contributed by atoms with Crippen molar-refractivity contribution >= 4 is 39.3 Å². The van der Waals surface area contributed by atoms with Crippen molar-refractivity contribution in [3.63, 3.8) is 0 Å². The first-order valence-corrected chi connectivity index (χ1v) is 14.5. The topological polar surface area (TPSA) is 140 Å². The molecule has 44 heavy (non-hydrogen) atoms. The molecule has 0 spiro atoms. The van der Waals surface area contributed by atoms with E-state index in [0.717, 1.165) is 30.5 Å². The molecule has 0 aliphatic rings. The van der Waals surface area contributed by atoms with Gasteiger partial charge in [0.1, 0.15) is 11.3 Å². The number of pyridine rings is 3. The average molecular weight is 593 g/mol. The van der Waals surface area contributed by atoms with Gasteiger partial charge >= 0.3 is 0 Å². The maximum absolute atomic E-state index is 14.7. The molecule has 0 bridgehead atoms. The molecule has 0 unspecified atom stereocenters. The lowest BCUT2D eigenvalue weighted by Gasteiger charge is -2.12. The summed E-state index contributed by atoms with van der Waals surface area (Å²) in [5.41, 5.74) is 7.29. The molecule has 4 N–H and O–H groups in total. The summed E-state index contributed by atoms with van der Waals surface area (Å²) in [4.78, 5) is 36.1. The van der Waals surface area contributed by atoms with Gasteiger partial charge in [0.15, 0.2) is 11.5 Å². The number of amides is 1. The van der Waals surface area contributed by atoms with Gasteiger partial charge in [-0.15, -0.1) is 0 Å². The van der Waals surface area contributed by atoms with Gasteiger partial charge in [-0.1, -0.05) is 13.3 Å². The lowest BCUT2D eigenvalue weighted by molar-refractivity contribution is -0.116. The van der Waals surface area contributed by atoms with E-state index in [2.05, 4.69) is 47.6 Å². The van der Waals surface area contributed by atoms with Crippen molar-refractivity contribution in [2.45, 2.75) is 26.2 Å². The molecule has 0 saturated carbocycles. The number of aromatic nitrogens is 7. The summed E-state index contributed by atoms with van der Waals surface area (Å²) < 4.78 is 14.7. The summed E-state index contributed by atoms with van der Waals surface area (Å²) in [7, 11) is 3.98. The van der Waals surface area contributed by atoms with Crippen molar-refractivity contribution in [3.8, 4) is 33.9 Å². The van der Waals surface area contributed by atoms with Gasteiger partial charge in [-0.2, -0.15) is 5.10 Å². The maximum atomic E-state index is 14.7. The number of H-pyrrole nitrogens is 2. The molecule has 5 aromatic heterocycles. The Hall–Kier alpha value is -5.23. The predicted molar refractivity (Wildman–Crippen MR) is 171 cm³/mol. The van der Waals surface area contributed by atoms with Gasteiger partial charge in [0.05, 0.1) is 40.3 Å². The van der Waals surface area contributed by atoms with Crippen molar-refractivity contribution in [1.29, 1.82) is 0 Å². The molecule has 0 saturated heterocycles. The number of hydrogen-bond acceptors (Lipinski definition) is 8. The molecule has 1 aromatic carbocycles. The van der Waals surface area contributed by atoms with E-state index < -0.39 is 0 Å². The van der Waals surface area contributed by atoms with E-state index >= 15 is 0 Å². The quantitative estimate of drug-likeness (QED) is 0.147. The average Bonchev–Trinajstić information content (AvgIpc) is 3.63. The Morgan fingerprint density at radius 2 is 1.77 bits per heavy atom. The highest BCUT2D eigenvalue weighted by atomic mass is 19.1. The van der Waals surface area contributed by atoms with Gasteiger partial charge in [0.25, 0.3) is 0 Å². The van der Waals surface area contributed by atoms with Crippen LogP contribution in [0.15, 0.2) is 61.2 Å². The Balaban J connectivity index is 1.33. The van der Waals surface area contributed by atoms with Crippen molar-refractivity contribution in [2.24, 2.45) is 0 Å². The summed E-state index contributed by atoms with van der Waals surface area (Å²) in [6.45, 7) is 3.55. The predicted octanol–water partition coefficient (Wildman–Crippen LogP) is 5.87. The second-order valence-electron chi connectivity index (χ2n) is 10.9. The molecule has 6 rings (SSSR count). The molecular weight excluding hydrogens is 559 g/mol. The van der Waals surface area contributed by atoms with Crippen LogP contribution >= 0.6 is 0 Å². The molecular formula is C32H33FN10O. The molecule has 0 atom stereocenters. The Kier molecular flexibility index (Phi) is 8.24. The lowest BCUT2D eigenvalue weighted by atomic mass is 10.1. The molecule has 224 valence electrons. The molecule has 12 heteroatoms. The second kappa shape index (κ2) is 12.6. The highest BCUT2D eigenvalue weighted by Gasteiger charge is 2.18. The summed E-state index contributed by atoms with van der Waals surface area (Å²) in [5, 5.41) is 13.7. The number of fused-ring (bicyclic) bond motifs is 2. The van der Waals surface area contributed by atoms with Crippen LogP contribution < -0.4 is 10.6 Å². The number of likely N-dealkylation sites (N-methyl/N-ethyl adjacent to an activating group) is 1. The highest BCUT2D eigenvalue weighted by Crippen LogP contribution is 2.33. The smallest absolute Gasteiger partial charge is 0.224 e. The van der Waals surface area contributed by atoms with Crippen LogP contribution in [0.2, 0.25) is 0 Å². The molecule has 0 radical (unpaired) electrons. The van der Waals surface area contributed by atoms with Gasteiger partial charge < -0.3 is 20.5 Å². The van der Waals surface area contributed by atoms with Gasteiger partial charge in [-0.25, -0.2) is 14.4 Å². The fraction of sp³-hybridized carbons (Fsp3) is 0.250. The standard InChI is InChI=1S/C32H33FN10O/c1-4-5-6-28(44)37-23-13-20(15-34-16-23)25-7-8-26-30(38-25)31(42-41-26)32-39-27-18-35-17-24(29(27)40-32)19-11-21(33)14-22(12-19)36-9-10-43(2)3/h7-8,11-18,36H,4-6,9-10H2,1-3H3,(H,37,44)(H,39,40)(H,41,42). The molecule has 6 aromatic rings. The van der Waals surface area contributed by atoms with Gasteiger partial charge in [0.2, 0.25) is 5.91 Å². The van der Waals surface area contributed by atoms with Gasteiger partial charge in [-0.3, -0.25) is 19.9 Å². The van der Waals surface area contributed by atoms with Crippen molar-refractivity contribution in [1.82, 2.24) is 40.0 Å². The molecule has 0 aliphatic heterocycles. The van der Waals surface area contributed by atoms with E-state index in [9.17, 15) is 9.18 Å². The van der Waals surface area contributed by atoms with E-state index in [1.54, 1.807) is 24.8 Å². The van der Waals surface area contributed by atoms with Crippen LogP contribution in [0.4, 0.5) is 15.8 Å². The van der Waals surface area contributed by atoms with Crippen molar-refractivity contribution in [3.05, 3.63) is 67.0 Å². The second-order valence-corrected chi connectivity index (χ2v) is 10.9. The maximum Gasteiger partial charge on any atom is 0.224 e. The zero-order valence-electron chi connectivity index (χ0n) is 24.8. The summed E-state index contributed by atoms with van der Waals surface area (Å²) in [6.07, 6.45) is 8.94. The number of carbonyl (C=O) groups is 1. The van der Waals surface area contributed by atoms with Crippen LogP contribution in [0, 0.1) is 5.82 Å². The number of rotatable bonds is 11. The van der Waals surface area contributed by atoms with Crippen molar-refractivity contribution < 1.29 is 9.18 Å². The minimum Gasteiger partial charge on any atom is -0.384 e. The summed E-state index contributed by atoms with van der Waals surface area (Å²) in [6, 6.07) is 10.5. The highest BCUT2D eigenvalue weighted by molar-refractivity contribution is 5.96. The number of unbranched alkanes of at least 4 members (excludes halogenated alkanes) is 1. The largest absolute Gasteiger partial charge is 0.384 e. The molecule has 5 heterocycles.